The molecule has 0 fully saturated rings. The fraction of sp³-hybridized carbons (Fsp3) is 0.276. The zero-order chi connectivity index (χ0) is 23.4. The smallest absolute Gasteiger partial charge is 0.161 e. The second-order valence-corrected chi connectivity index (χ2v) is 9.25. The molecular weight excluding hydrogens is 408 g/mol. The molecule has 0 bridgehead atoms. The molecule has 1 heterocycles. The summed E-state index contributed by atoms with van der Waals surface area (Å²) in [6.45, 7) is 9.80. The van der Waals surface area contributed by atoms with Crippen LogP contribution in [0.25, 0.3) is 17.1 Å². The molecule has 0 aliphatic heterocycles. The number of para-hydroxylation sites is 2. The molecule has 4 rings (SSSR count). The molecule has 0 unspecified atom stereocenters. The van der Waals surface area contributed by atoms with Crippen molar-refractivity contribution in [2.75, 3.05) is 7.11 Å². The first-order valence-electron chi connectivity index (χ1n) is 11.4. The lowest BCUT2D eigenvalue weighted by molar-refractivity contribution is 0.273. The van der Waals surface area contributed by atoms with Crippen molar-refractivity contribution >= 4 is 17.1 Å². The number of benzene rings is 3. The van der Waals surface area contributed by atoms with Crippen molar-refractivity contribution in [3.8, 4) is 11.5 Å². The zero-order valence-corrected chi connectivity index (χ0v) is 20.1. The summed E-state index contributed by atoms with van der Waals surface area (Å²) in [4.78, 5) is 4.87. The lowest BCUT2D eigenvalue weighted by atomic mass is 9.87. The zero-order valence-electron chi connectivity index (χ0n) is 20.1. The average Bonchev–Trinajstić information content (AvgIpc) is 3.15. The lowest BCUT2D eigenvalue weighted by Gasteiger charge is -2.19. The Kier molecular flexibility index (Phi) is 6.55. The Hall–Kier alpha value is -3.53. The van der Waals surface area contributed by atoms with E-state index in [4.69, 9.17) is 14.5 Å². The Morgan fingerprint density at radius 2 is 1.70 bits per heavy atom. The molecule has 0 N–H and O–H groups in total. The second kappa shape index (κ2) is 9.53. The van der Waals surface area contributed by atoms with Crippen LogP contribution in [0.3, 0.4) is 0 Å². The number of fused-ring (bicyclic) bond motifs is 1. The molecule has 1 aromatic heterocycles. The molecule has 3 aromatic carbocycles. The van der Waals surface area contributed by atoms with E-state index in [0.717, 1.165) is 29.0 Å². The highest BCUT2D eigenvalue weighted by molar-refractivity contribution is 5.76. The molecule has 0 aliphatic rings. The summed E-state index contributed by atoms with van der Waals surface area (Å²) in [5, 5.41) is 0. The van der Waals surface area contributed by atoms with Crippen LogP contribution >= 0.6 is 0 Å². The van der Waals surface area contributed by atoms with E-state index in [9.17, 15) is 0 Å². The van der Waals surface area contributed by atoms with E-state index in [0.29, 0.717) is 18.1 Å². The number of methoxy groups -OCH3 is 1. The normalized spacial score (nSPS) is 11.9. The van der Waals surface area contributed by atoms with Crippen molar-refractivity contribution in [1.82, 2.24) is 9.55 Å². The minimum atomic E-state index is 0.140. The quantitative estimate of drug-likeness (QED) is 0.310. The topological polar surface area (TPSA) is 36.3 Å². The molecule has 4 aromatic rings. The Bertz CT molecular complexity index is 1260. The number of imidazole rings is 1. The van der Waals surface area contributed by atoms with Gasteiger partial charge in [-0.05, 0) is 53.3 Å². The minimum Gasteiger partial charge on any atom is -0.493 e. The van der Waals surface area contributed by atoms with Gasteiger partial charge in [0.05, 0.1) is 18.1 Å². The summed E-state index contributed by atoms with van der Waals surface area (Å²) in [5.74, 6) is 2.31. The van der Waals surface area contributed by atoms with Crippen LogP contribution < -0.4 is 9.47 Å². The molecule has 0 saturated heterocycles. The molecule has 0 radical (unpaired) electrons. The van der Waals surface area contributed by atoms with E-state index in [-0.39, 0.29) is 5.41 Å². The number of nitrogens with zero attached hydrogens (tertiary/aromatic N) is 2. The predicted octanol–water partition coefficient (Wildman–Crippen LogP) is 7.00. The number of rotatable bonds is 7. The maximum atomic E-state index is 6.19. The predicted molar refractivity (Wildman–Crippen MR) is 136 cm³/mol. The second-order valence-electron chi connectivity index (χ2n) is 9.25. The Labute approximate surface area is 196 Å². The number of allylic oxidation sites excluding steroid dienone is 1. The van der Waals surface area contributed by atoms with Crippen molar-refractivity contribution in [2.24, 2.45) is 0 Å². The first kappa shape index (κ1) is 22.7. The number of hydrogen-bond acceptors (Lipinski definition) is 3. The van der Waals surface area contributed by atoms with Gasteiger partial charge in [0.1, 0.15) is 12.4 Å². The summed E-state index contributed by atoms with van der Waals surface area (Å²) in [6, 6.07) is 23.1. The first-order chi connectivity index (χ1) is 15.9. The average molecular weight is 441 g/mol. The van der Waals surface area contributed by atoms with Crippen LogP contribution in [0.1, 0.15) is 50.2 Å². The van der Waals surface area contributed by atoms with Crippen LogP contribution in [-0.4, -0.2) is 16.7 Å². The van der Waals surface area contributed by atoms with Gasteiger partial charge in [0.2, 0.25) is 0 Å². The highest BCUT2D eigenvalue weighted by atomic mass is 16.5. The molecule has 33 heavy (non-hydrogen) atoms. The van der Waals surface area contributed by atoms with E-state index < -0.39 is 0 Å². The van der Waals surface area contributed by atoms with Crippen LogP contribution in [0.5, 0.6) is 11.5 Å². The van der Waals surface area contributed by atoms with Crippen molar-refractivity contribution in [3.63, 3.8) is 0 Å². The van der Waals surface area contributed by atoms with Crippen LogP contribution in [0, 0.1) is 0 Å². The Morgan fingerprint density at radius 3 is 2.39 bits per heavy atom. The highest BCUT2D eigenvalue weighted by Gasteiger charge is 2.15. The molecule has 0 spiro atoms. The fourth-order valence-electron chi connectivity index (χ4n) is 3.95. The third kappa shape index (κ3) is 5.11. The summed E-state index contributed by atoms with van der Waals surface area (Å²) >= 11 is 0. The molecule has 170 valence electrons. The van der Waals surface area contributed by atoms with Gasteiger partial charge in [-0.1, -0.05) is 75.4 Å². The van der Waals surface area contributed by atoms with E-state index in [1.165, 1.54) is 11.1 Å². The van der Waals surface area contributed by atoms with Crippen LogP contribution in [0.15, 0.2) is 72.8 Å². The maximum Gasteiger partial charge on any atom is 0.161 e. The van der Waals surface area contributed by atoms with E-state index in [1.54, 1.807) is 7.11 Å². The molecule has 0 saturated carbocycles. The summed E-state index contributed by atoms with van der Waals surface area (Å²) in [5.41, 5.74) is 5.86. The number of aromatic nitrogens is 2. The van der Waals surface area contributed by atoms with Gasteiger partial charge in [-0.15, -0.1) is 0 Å². The van der Waals surface area contributed by atoms with Crippen LogP contribution in [0.4, 0.5) is 0 Å². The maximum absolute atomic E-state index is 6.19. The fourth-order valence-corrected chi connectivity index (χ4v) is 3.95. The van der Waals surface area contributed by atoms with E-state index in [2.05, 4.69) is 61.7 Å². The minimum absolute atomic E-state index is 0.140. The third-order valence-electron chi connectivity index (χ3n) is 5.80. The molecular formula is C29H32N2O2. The molecule has 4 heteroatoms. The Morgan fingerprint density at radius 1 is 0.939 bits per heavy atom. The van der Waals surface area contributed by atoms with Gasteiger partial charge in [-0.3, -0.25) is 0 Å². The standard InChI is InChI=1S/C29H32N2O2/c1-6-9-21-14-17-26(27(18-21)32-5)33-20-28-30-24-10-7-8-11-25(24)31(28)19-22-12-15-23(16-13-22)29(2,3)4/h6-18H,19-20H2,1-5H3/b9-6-. The van der Waals surface area contributed by atoms with Gasteiger partial charge in [0.15, 0.2) is 11.5 Å². The van der Waals surface area contributed by atoms with Gasteiger partial charge in [-0.2, -0.15) is 0 Å². The largest absolute Gasteiger partial charge is 0.493 e. The van der Waals surface area contributed by atoms with E-state index in [1.807, 2.05) is 49.4 Å². The van der Waals surface area contributed by atoms with Gasteiger partial charge < -0.3 is 14.0 Å². The molecule has 0 amide bonds. The van der Waals surface area contributed by atoms with Crippen molar-refractivity contribution < 1.29 is 9.47 Å². The number of ether oxygens (including phenoxy) is 2. The van der Waals surface area contributed by atoms with E-state index >= 15 is 0 Å². The van der Waals surface area contributed by atoms with Crippen molar-refractivity contribution in [3.05, 3.63) is 95.3 Å². The molecule has 4 nitrogen and oxygen atoms in total. The third-order valence-corrected chi connectivity index (χ3v) is 5.80. The first-order valence-corrected chi connectivity index (χ1v) is 11.4. The highest BCUT2D eigenvalue weighted by Crippen LogP contribution is 2.30. The van der Waals surface area contributed by atoms with Crippen LogP contribution in [0.2, 0.25) is 0 Å². The van der Waals surface area contributed by atoms with Gasteiger partial charge >= 0.3 is 0 Å². The van der Waals surface area contributed by atoms with Crippen molar-refractivity contribution in [1.29, 1.82) is 0 Å². The summed E-state index contributed by atoms with van der Waals surface area (Å²) in [6.07, 6.45) is 4.04. The molecule has 0 aliphatic carbocycles. The van der Waals surface area contributed by atoms with Crippen LogP contribution in [-0.2, 0) is 18.6 Å². The van der Waals surface area contributed by atoms with Crippen molar-refractivity contribution in [2.45, 2.75) is 46.3 Å². The summed E-state index contributed by atoms with van der Waals surface area (Å²) in [7, 11) is 1.66. The lowest BCUT2D eigenvalue weighted by Crippen LogP contribution is -2.12. The molecule has 0 atom stereocenters. The summed E-state index contributed by atoms with van der Waals surface area (Å²) < 4.78 is 14.0. The number of hydrogen-bond donors (Lipinski definition) is 0. The van der Waals surface area contributed by atoms with Gasteiger partial charge in [-0.25, -0.2) is 4.98 Å². The monoisotopic (exact) mass is 440 g/mol. The van der Waals surface area contributed by atoms with Gasteiger partial charge in [0, 0.05) is 6.54 Å². The van der Waals surface area contributed by atoms with Gasteiger partial charge in [0.25, 0.3) is 0 Å². The Balaban J connectivity index is 1.62. The SMILES string of the molecule is C/C=C\c1ccc(OCc2nc3ccccc3n2Cc2ccc(C(C)(C)C)cc2)c(OC)c1.